The summed E-state index contributed by atoms with van der Waals surface area (Å²) in [6.45, 7) is 8.32. The van der Waals surface area contributed by atoms with Crippen LogP contribution in [-0.2, 0) is 0 Å². The van der Waals surface area contributed by atoms with Crippen molar-refractivity contribution in [2.24, 2.45) is 0 Å². The van der Waals surface area contributed by atoms with Crippen LogP contribution in [0.25, 0.3) is 0 Å². The van der Waals surface area contributed by atoms with Crippen LogP contribution in [0.2, 0.25) is 0 Å². The molecule has 0 radical (unpaired) electrons. The number of hydrogen-bond donors (Lipinski definition) is 1. The van der Waals surface area contributed by atoms with E-state index in [1.54, 1.807) is 18.7 Å². The average Bonchev–Trinajstić information content (AvgIpc) is 2.26. The van der Waals surface area contributed by atoms with E-state index in [1.807, 2.05) is 0 Å². The van der Waals surface area contributed by atoms with Crippen LogP contribution >= 0.6 is 24.0 Å². The first kappa shape index (κ1) is 16.2. The second-order valence-electron chi connectivity index (χ2n) is 4.12. The first-order valence-electron chi connectivity index (χ1n) is 6.21. The Kier molecular flexibility index (Phi) is 10.5. The Labute approximate surface area is 110 Å². The Hall–Kier alpha value is 0.200. The Bertz CT molecular complexity index is 178. The minimum atomic E-state index is -0.276. The summed E-state index contributed by atoms with van der Waals surface area (Å²) in [6.07, 6.45) is 4.51. The smallest absolute Gasteiger partial charge is 0.136 e. The molecule has 0 aromatic heterocycles. The van der Waals surface area contributed by atoms with Gasteiger partial charge in [0.2, 0.25) is 0 Å². The standard InChI is InChI=1S/C12H25NOS2/c1-4-6-8-13(9-7-5-2)12(15)16-10-11(3)14/h11,14H,4-10H2,1-3H3. The fourth-order valence-electron chi connectivity index (χ4n) is 1.28. The van der Waals surface area contributed by atoms with E-state index in [0.717, 1.165) is 17.4 Å². The van der Waals surface area contributed by atoms with Gasteiger partial charge in [-0.05, 0) is 19.8 Å². The minimum absolute atomic E-state index is 0.276. The number of rotatable bonds is 8. The lowest BCUT2D eigenvalue weighted by Crippen LogP contribution is -2.30. The third kappa shape index (κ3) is 8.36. The quantitative estimate of drug-likeness (QED) is 0.679. The zero-order valence-electron chi connectivity index (χ0n) is 10.7. The molecule has 0 rings (SSSR count). The Morgan fingerprint density at radius 2 is 1.75 bits per heavy atom. The van der Waals surface area contributed by atoms with E-state index in [0.29, 0.717) is 5.75 Å². The van der Waals surface area contributed by atoms with E-state index in [1.165, 1.54) is 25.7 Å². The van der Waals surface area contributed by atoms with Gasteiger partial charge in [-0.15, -0.1) is 0 Å². The van der Waals surface area contributed by atoms with E-state index in [4.69, 9.17) is 12.2 Å². The SMILES string of the molecule is CCCCN(CCCC)C(=S)SCC(C)O. The van der Waals surface area contributed by atoms with Crippen molar-refractivity contribution in [1.82, 2.24) is 4.90 Å². The summed E-state index contributed by atoms with van der Waals surface area (Å²) < 4.78 is 0.947. The van der Waals surface area contributed by atoms with Gasteiger partial charge >= 0.3 is 0 Å². The molecule has 0 aliphatic carbocycles. The molecule has 0 saturated heterocycles. The molecule has 0 fully saturated rings. The van der Waals surface area contributed by atoms with Crippen LogP contribution in [-0.4, -0.2) is 39.3 Å². The zero-order chi connectivity index (χ0) is 12.4. The topological polar surface area (TPSA) is 23.5 Å². The summed E-state index contributed by atoms with van der Waals surface area (Å²) in [6, 6.07) is 0. The molecule has 0 heterocycles. The van der Waals surface area contributed by atoms with Crippen LogP contribution in [0.1, 0.15) is 46.5 Å². The average molecular weight is 263 g/mol. The molecule has 0 aromatic rings. The van der Waals surface area contributed by atoms with E-state index >= 15 is 0 Å². The van der Waals surface area contributed by atoms with Gasteiger partial charge in [0, 0.05) is 18.8 Å². The maximum atomic E-state index is 9.24. The summed E-state index contributed by atoms with van der Waals surface area (Å²) in [5.41, 5.74) is 0. The molecule has 0 spiro atoms. The molecule has 1 unspecified atom stereocenters. The number of unbranched alkanes of at least 4 members (excludes halogenated alkanes) is 2. The molecule has 0 aliphatic heterocycles. The Morgan fingerprint density at radius 1 is 1.25 bits per heavy atom. The number of aliphatic hydroxyl groups excluding tert-OH is 1. The number of hydrogen-bond acceptors (Lipinski definition) is 3. The molecule has 0 aliphatic rings. The molecule has 1 N–H and O–H groups in total. The van der Waals surface area contributed by atoms with Gasteiger partial charge in [0.25, 0.3) is 0 Å². The van der Waals surface area contributed by atoms with Crippen LogP contribution in [0.3, 0.4) is 0 Å². The molecule has 1 atom stereocenters. The summed E-state index contributed by atoms with van der Waals surface area (Å²) in [7, 11) is 0. The van der Waals surface area contributed by atoms with Gasteiger partial charge in [-0.3, -0.25) is 0 Å². The predicted octanol–water partition coefficient (Wildman–Crippen LogP) is 3.29. The van der Waals surface area contributed by atoms with Gasteiger partial charge in [0.15, 0.2) is 0 Å². The fraction of sp³-hybridized carbons (Fsp3) is 0.917. The van der Waals surface area contributed by atoms with Crippen molar-refractivity contribution in [2.45, 2.75) is 52.6 Å². The molecule has 0 bridgehead atoms. The summed E-state index contributed by atoms with van der Waals surface area (Å²) in [5.74, 6) is 0.702. The summed E-state index contributed by atoms with van der Waals surface area (Å²) in [4.78, 5) is 2.29. The third-order valence-electron chi connectivity index (χ3n) is 2.27. The van der Waals surface area contributed by atoms with Crippen LogP contribution in [0.15, 0.2) is 0 Å². The van der Waals surface area contributed by atoms with Gasteiger partial charge < -0.3 is 10.0 Å². The fourth-order valence-corrected chi connectivity index (χ4v) is 2.41. The first-order chi connectivity index (χ1) is 7.61. The maximum Gasteiger partial charge on any atom is 0.136 e. The number of nitrogens with zero attached hydrogens (tertiary/aromatic N) is 1. The summed E-state index contributed by atoms with van der Waals surface area (Å²) >= 11 is 7.00. The second-order valence-corrected chi connectivity index (χ2v) is 5.77. The molecule has 4 heteroatoms. The van der Waals surface area contributed by atoms with Crippen molar-refractivity contribution in [2.75, 3.05) is 18.8 Å². The van der Waals surface area contributed by atoms with Crippen molar-refractivity contribution in [3.63, 3.8) is 0 Å². The van der Waals surface area contributed by atoms with Crippen molar-refractivity contribution in [3.05, 3.63) is 0 Å². The largest absolute Gasteiger partial charge is 0.393 e. The van der Waals surface area contributed by atoms with Crippen LogP contribution in [0, 0.1) is 0 Å². The molecule has 2 nitrogen and oxygen atoms in total. The molecule has 0 amide bonds. The highest BCUT2D eigenvalue weighted by atomic mass is 32.2. The molecular weight excluding hydrogens is 238 g/mol. The second kappa shape index (κ2) is 10.4. The monoisotopic (exact) mass is 263 g/mol. The Balaban J connectivity index is 3.98. The highest BCUT2D eigenvalue weighted by Gasteiger charge is 2.10. The Morgan fingerprint density at radius 3 is 2.12 bits per heavy atom. The molecular formula is C12H25NOS2. The van der Waals surface area contributed by atoms with Crippen LogP contribution in [0.5, 0.6) is 0 Å². The molecule has 96 valence electrons. The first-order valence-corrected chi connectivity index (χ1v) is 7.60. The van der Waals surface area contributed by atoms with Crippen molar-refractivity contribution < 1.29 is 5.11 Å². The maximum absolute atomic E-state index is 9.24. The highest BCUT2D eigenvalue weighted by Crippen LogP contribution is 2.13. The van der Waals surface area contributed by atoms with Gasteiger partial charge in [0.05, 0.1) is 6.10 Å². The summed E-state index contributed by atoms with van der Waals surface area (Å²) in [5, 5.41) is 9.24. The van der Waals surface area contributed by atoms with Gasteiger partial charge in [0.1, 0.15) is 4.32 Å². The zero-order valence-corrected chi connectivity index (χ0v) is 12.4. The van der Waals surface area contributed by atoms with Crippen molar-refractivity contribution >= 4 is 28.3 Å². The third-order valence-corrected chi connectivity index (χ3v) is 4.04. The number of thioether (sulfide) groups is 1. The van der Waals surface area contributed by atoms with E-state index in [2.05, 4.69) is 18.7 Å². The van der Waals surface area contributed by atoms with Crippen LogP contribution in [0.4, 0.5) is 0 Å². The van der Waals surface area contributed by atoms with Crippen molar-refractivity contribution in [1.29, 1.82) is 0 Å². The van der Waals surface area contributed by atoms with E-state index in [9.17, 15) is 5.11 Å². The number of aliphatic hydroxyl groups is 1. The lowest BCUT2D eigenvalue weighted by Gasteiger charge is -2.24. The molecule has 0 aromatic carbocycles. The van der Waals surface area contributed by atoms with E-state index < -0.39 is 0 Å². The highest BCUT2D eigenvalue weighted by molar-refractivity contribution is 8.22. The van der Waals surface area contributed by atoms with Crippen molar-refractivity contribution in [3.8, 4) is 0 Å². The lowest BCUT2D eigenvalue weighted by molar-refractivity contribution is 0.220. The van der Waals surface area contributed by atoms with Gasteiger partial charge in [-0.2, -0.15) is 0 Å². The minimum Gasteiger partial charge on any atom is -0.393 e. The molecule has 0 saturated carbocycles. The molecule has 16 heavy (non-hydrogen) atoms. The van der Waals surface area contributed by atoms with Gasteiger partial charge in [-0.25, -0.2) is 0 Å². The number of thiocarbonyl (C=S) groups is 1. The van der Waals surface area contributed by atoms with Gasteiger partial charge in [-0.1, -0.05) is 50.7 Å². The normalized spacial score (nSPS) is 12.5. The lowest BCUT2D eigenvalue weighted by atomic mass is 10.3. The van der Waals surface area contributed by atoms with Crippen LogP contribution < -0.4 is 0 Å². The van der Waals surface area contributed by atoms with E-state index in [-0.39, 0.29) is 6.10 Å². The predicted molar refractivity (Wildman–Crippen MR) is 78.1 cm³/mol.